The molecule has 0 aliphatic heterocycles. The zero-order valence-corrected chi connectivity index (χ0v) is 13.4. The zero-order chi connectivity index (χ0) is 16.4. The molecule has 3 rings (SSSR count). The van der Waals surface area contributed by atoms with Crippen LogP contribution in [-0.4, -0.2) is 21.4 Å². The first-order valence-corrected chi connectivity index (χ1v) is 7.90. The molecule has 0 aliphatic rings. The smallest absolute Gasteiger partial charge is 0.270 e. The standard InChI is InChI=1S/C15H11ClN4O2S/c1-2-6-17-13-12-11(8-23-14(12)19-15(16)18-13)9-4-3-5-10(7-9)20(21)22/h2-5,7-8H,1,6H2,(H,17,18,19). The number of halogens is 1. The summed E-state index contributed by atoms with van der Waals surface area (Å²) in [5.74, 6) is 0.586. The molecule has 23 heavy (non-hydrogen) atoms. The van der Waals surface area contributed by atoms with E-state index in [9.17, 15) is 10.1 Å². The molecule has 2 aromatic heterocycles. The number of non-ortho nitro benzene ring substituents is 1. The number of thiophene rings is 1. The molecule has 0 atom stereocenters. The van der Waals surface area contributed by atoms with Crippen LogP contribution in [-0.2, 0) is 0 Å². The molecule has 2 heterocycles. The summed E-state index contributed by atoms with van der Waals surface area (Å²) in [5.41, 5.74) is 1.60. The van der Waals surface area contributed by atoms with Gasteiger partial charge in [0.15, 0.2) is 0 Å². The summed E-state index contributed by atoms with van der Waals surface area (Å²) in [6.07, 6.45) is 1.71. The van der Waals surface area contributed by atoms with Crippen LogP contribution in [0.25, 0.3) is 21.3 Å². The number of aromatic nitrogens is 2. The fourth-order valence-corrected chi connectivity index (χ4v) is 3.38. The van der Waals surface area contributed by atoms with Crippen LogP contribution >= 0.6 is 22.9 Å². The molecular formula is C15H11ClN4O2S. The lowest BCUT2D eigenvalue weighted by atomic mass is 10.1. The van der Waals surface area contributed by atoms with Crippen LogP contribution in [0.4, 0.5) is 11.5 Å². The highest BCUT2D eigenvalue weighted by Gasteiger charge is 2.16. The van der Waals surface area contributed by atoms with E-state index in [-0.39, 0.29) is 11.0 Å². The number of nitro benzene ring substituents is 1. The van der Waals surface area contributed by atoms with Crippen molar-refractivity contribution in [3.05, 3.63) is 57.7 Å². The SMILES string of the molecule is C=CCNc1nc(Cl)nc2scc(-c3cccc([N+](=O)[O-])c3)c12. The van der Waals surface area contributed by atoms with Crippen molar-refractivity contribution < 1.29 is 4.92 Å². The Morgan fingerprint density at radius 1 is 1.43 bits per heavy atom. The number of benzene rings is 1. The fourth-order valence-electron chi connectivity index (χ4n) is 2.21. The summed E-state index contributed by atoms with van der Waals surface area (Å²) in [7, 11) is 0. The lowest BCUT2D eigenvalue weighted by Gasteiger charge is -2.07. The Balaban J connectivity index is 2.20. The average Bonchev–Trinajstić information content (AvgIpc) is 2.96. The van der Waals surface area contributed by atoms with Gasteiger partial charge in [0, 0.05) is 29.6 Å². The Bertz CT molecular complexity index is 910. The number of fused-ring (bicyclic) bond motifs is 1. The lowest BCUT2D eigenvalue weighted by Crippen LogP contribution is -2.02. The van der Waals surface area contributed by atoms with Gasteiger partial charge in [-0.1, -0.05) is 18.2 Å². The van der Waals surface area contributed by atoms with E-state index < -0.39 is 4.92 Å². The van der Waals surface area contributed by atoms with Gasteiger partial charge in [-0.05, 0) is 17.2 Å². The molecule has 0 fully saturated rings. The van der Waals surface area contributed by atoms with Crippen LogP contribution < -0.4 is 5.32 Å². The molecule has 0 unspecified atom stereocenters. The Hall–Kier alpha value is -2.51. The van der Waals surface area contributed by atoms with Crippen LogP contribution in [0.3, 0.4) is 0 Å². The first-order chi connectivity index (χ1) is 11.1. The Morgan fingerprint density at radius 3 is 3.00 bits per heavy atom. The minimum absolute atomic E-state index is 0.0392. The molecule has 0 bridgehead atoms. The summed E-state index contributed by atoms with van der Waals surface area (Å²) >= 11 is 7.37. The molecule has 1 N–H and O–H groups in total. The largest absolute Gasteiger partial charge is 0.366 e. The average molecular weight is 347 g/mol. The number of nitro groups is 1. The van der Waals surface area contributed by atoms with Crippen molar-refractivity contribution in [2.75, 3.05) is 11.9 Å². The van der Waals surface area contributed by atoms with E-state index in [0.717, 1.165) is 21.3 Å². The summed E-state index contributed by atoms with van der Waals surface area (Å²) in [6, 6.07) is 6.47. The summed E-state index contributed by atoms with van der Waals surface area (Å²) in [6.45, 7) is 4.19. The molecule has 0 saturated carbocycles. The van der Waals surface area contributed by atoms with Crippen LogP contribution in [0.5, 0.6) is 0 Å². The van der Waals surface area contributed by atoms with Crippen molar-refractivity contribution in [1.82, 2.24) is 9.97 Å². The molecule has 116 valence electrons. The van der Waals surface area contributed by atoms with E-state index in [1.54, 1.807) is 12.1 Å². The van der Waals surface area contributed by atoms with Gasteiger partial charge >= 0.3 is 0 Å². The molecule has 0 saturated heterocycles. The highest BCUT2D eigenvalue weighted by Crippen LogP contribution is 2.38. The Kier molecular flexibility index (Phi) is 4.22. The third-order valence-corrected chi connectivity index (χ3v) is 4.23. The quantitative estimate of drug-likeness (QED) is 0.318. The second-order valence-corrected chi connectivity index (χ2v) is 5.84. The first-order valence-electron chi connectivity index (χ1n) is 6.64. The number of rotatable bonds is 5. The molecule has 8 heteroatoms. The third-order valence-electron chi connectivity index (χ3n) is 3.19. The molecular weight excluding hydrogens is 336 g/mol. The predicted molar refractivity (Wildman–Crippen MR) is 93.2 cm³/mol. The summed E-state index contributed by atoms with van der Waals surface area (Å²) in [5, 5.41) is 17.0. The lowest BCUT2D eigenvalue weighted by molar-refractivity contribution is -0.384. The van der Waals surface area contributed by atoms with Crippen molar-refractivity contribution >= 4 is 44.7 Å². The van der Waals surface area contributed by atoms with Crippen molar-refractivity contribution in [2.45, 2.75) is 0 Å². The van der Waals surface area contributed by atoms with E-state index in [4.69, 9.17) is 11.6 Å². The molecule has 6 nitrogen and oxygen atoms in total. The number of hydrogen-bond donors (Lipinski definition) is 1. The van der Waals surface area contributed by atoms with Gasteiger partial charge in [-0.15, -0.1) is 17.9 Å². The van der Waals surface area contributed by atoms with E-state index in [0.29, 0.717) is 12.4 Å². The summed E-state index contributed by atoms with van der Waals surface area (Å²) < 4.78 is 0. The summed E-state index contributed by atoms with van der Waals surface area (Å²) in [4.78, 5) is 19.7. The molecule has 0 radical (unpaired) electrons. The second-order valence-electron chi connectivity index (χ2n) is 4.65. The van der Waals surface area contributed by atoms with Gasteiger partial charge in [-0.25, -0.2) is 9.97 Å². The van der Waals surface area contributed by atoms with Gasteiger partial charge in [0.25, 0.3) is 5.69 Å². The van der Waals surface area contributed by atoms with Crippen molar-refractivity contribution in [1.29, 1.82) is 0 Å². The van der Waals surface area contributed by atoms with E-state index in [1.807, 2.05) is 11.4 Å². The van der Waals surface area contributed by atoms with Gasteiger partial charge in [-0.2, -0.15) is 0 Å². The van der Waals surface area contributed by atoms with E-state index in [1.165, 1.54) is 23.5 Å². The minimum atomic E-state index is -0.414. The number of hydrogen-bond acceptors (Lipinski definition) is 6. The predicted octanol–water partition coefficient (Wildman–Crippen LogP) is 4.52. The molecule has 3 aromatic rings. The van der Waals surface area contributed by atoms with Gasteiger partial charge < -0.3 is 5.32 Å². The second kappa shape index (κ2) is 6.31. The molecule has 0 amide bonds. The van der Waals surface area contributed by atoms with Crippen LogP contribution in [0.2, 0.25) is 5.28 Å². The van der Waals surface area contributed by atoms with Crippen LogP contribution in [0, 0.1) is 10.1 Å². The Labute approximate surface area is 140 Å². The van der Waals surface area contributed by atoms with Crippen LogP contribution in [0.15, 0.2) is 42.3 Å². The topological polar surface area (TPSA) is 81.0 Å². The van der Waals surface area contributed by atoms with Crippen molar-refractivity contribution in [3.8, 4) is 11.1 Å². The van der Waals surface area contributed by atoms with E-state index >= 15 is 0 Å². The minimum Gasteiger partial charge on any atom is -0.366 e. The van der Waals surface area contributed by atoms with E-state index in [2.05, 4.69) is 21.9 Å². The monoisotopic (exact) mass is 346 g/mol. The van der Waals surface area contributed by atoms with Crippen molar-refractivity contribution in [3.63, 3.8) is 0 Å². The molecule has 0 spiro atoms. The van der Waals surface area contributed by atoms with Gasteiger partial charge in [-0.3, -0.25) is 10.1 Å². The van der Waals surface area contributed by atoms with Gasteiger partial charge in [0.2, 0.25) is 5.28 Å². The van der Waals surface area contributed by atoms with Crippen LogP contribution in [0.1, 0.15) is 0 Å². The molecule has 1 aromatic carbocycles. The molecule has 0 aliphatic carbocycles. The normalized spacial score (nSPS) is 10.7. The first kappa shape index (κ1) is 15.4. The van der Waals surface area contributed by atoms with Gasteiger partial charge in [0.1, 0.15) is 10.6 Å². The number of nitrogens with one attached hydrogen (secondary N) is 1. The fraction of sp³-hybridized carbons (Fsp3) is 0.0667. The third kappa shape index (κ3) is 3.01. The van der Waals surface area contributed by atoms with Gasteiger partial charge in [0.05, 0.1) is 10.3 Å². The maximum Gasteiger partial charge on any atom is 0.270 e. The maximum atomic E-state index is 11.0. The highest BCUT2D eigenvalue weighted by molar-refractivity contribution is 7.17. The Morgan fingerprint density at radius 2 is 2.26 bits per heavy atom. The maximum absolute atomic E-state index is 11.0. The zero-order valence-electron chi connectivity index (χ0n) is 11.8. The highest BCUT2D eigenvalue weighted by atomic mass is 35.5. The number of anilines is 1. The van der Waals surface area contributed by atoms with Crippen molar-refractivity contribution in [2.24, 2.45) is 0 Å². The number of nitrogens with zero attached hydrogens (tertiary/aromatic N) is 3.